The molecule has 1 fully saturated rings. The smallest absolute Gasteiger partial charge is 0.311 e. The molecule has 3 heteroatoms. The van der Waals surface area contributed by atoms with E-state index >= 15 is 0 Å². The molecule has 1 saturated heterocycles. The van der Waals surface area contributed by atoms with Gasteiger partial charge >= 0.3 is 5.97 Å². The van der Waals surface area contributed by atoms with Crippen LogP contribution >= 0.6 is 0 Å². The predicted molar refractivity (Wildman–Crippen MR) is 64.4 cm³/mol. The van der Waals surface area contributed by atoms with Crippen molar-refractivity contribution in [2.75, 3.05) is 0 Å². The van der Waals surface area contributed by atoms with Crippen molar-refractivity contribution >= 4 is 5.97 Å². The molecule has 1 aromatic rings. The van der Waals surface area contributed by atoms with Crippen LogP contribution in [0, 0.1) is 11.8 Å². The van der Waals surface area contributed by atoms with Crippen molar-refractivity contribution < 1.29 is 14.6 Å². The molecule has 3 nitrogen and oxygen atoms in total. The molecule has 0 spiro atoms. The Morgan fingerprint density at radius 3 is 2.53 bits per heavy atom. The number of benzene rings is 1. The highest BCUT2D eigenvalue weighted by Gasteiger charge is 2.40. The van der Waals surface area contributed by atoms with E-state index in [-0.39, 0.29) is 18.0 Å². The lowest BCUT2D eigenvalue weighted by Gasteiger charge is -2.36. The van der Waals surface area contributed by atoms with Gasteiger partial charge in [0.25, 0.3) is 0 Å². The molecule has 92 valence electrons. The van der Waals surface area contributed by atoms with Crippen molar-refractivity contribution in [2.24, 2.45) is 11.8 Å². The van der Waals surface area contributed by atoms with Crippen molar-refractivity contribution in [3.8, 4) is 0 Å². The summed E-state index contributed by atoms with van der Waals surface area (Å²) in [6.45, 7) is 3.57. The molecule has 1 N–H and O–H groups in total. The topological polar surface area (TPSA) is 46.5 Å². The number of esters is 1. The Bertz CT molecular complexity index is 388. The van der Waals surface area contributed by atoms with Crippen LogP contribution in [0.5, 0.6) is 0 Å². The first-order valence-corrected chi connectivity index (χ1v) is 6.02. The SMILES string of the molecule is C[C@@H]1OC(=O)[C@@H](C)[C@H](O)[C@H]1Cc1ccccc1. The van der Waals surface area contributed by atoms with E-state index in [1.54, 1.807) is 6.92 Å². The van der Waals surface area contributed by atoms with Gasteiger partial charge in [0.05, 0.1) is 12.0 Å². The van der Waals surface area contributed by atoms with Crippen LogP contribution in [-0.2, 0) is 16.0 Å². The Balaban J connectivity index is 2.12. The van der Waals surface area contributed by atoms with Gasteiger partial charge in [0.15, 0.2) is 0 Å². The first-order valence-electron chi connectivity index (χ1n) is 6.02. The first kappa shape index (κ1) is 12.1. The Hall–Kier alpha value is -1.35. The summed E-state index contributed by atoms with van der Waals surface area (Å²) in [5.74, 6) is -0.751. The Labute approximate surface area is 101 Å². The molecular formula is C14H18O3. The molecule has 2 rings (SSSR count). The van der Waals surface area contributed by atoms with Crippen LogP contribution in [0.25, 0.3) is 0 Å². The van der Waals surface area contributed by atoms with E-state index in [2.05, 4.69) is 0 Å². The summed E-state index contributed by atoms with van der Waals surface area (Å²) in [7, 11) is 0. The number of carbonyl (C=O) groups is 1. The minimum absolute atomic E-state index is 0.0231. The van der Waals surface area contributed by atoms with Crippen LogP contribution in [-0.4, -0.2) is 23.3 Å². The molecule has 0 saturated carbocycles. The van der Waals surface area contributed by atoms with Crippen LogP contribution in [0.4, 0.5) is 0 Å². The zero-order valence-electron chi connectivity index (χ0n) is 10.2. The molecule has 1 aliphatic heterocycles. The quantitative estimate of drug-likeness (QED) is 0.793. The highest BCUT2D eigenvalue weighted by Crippen LogP contribution is 2.29. The molecular weight excluding hydrogens is 216 g/mol. The Morgan fingerprint density at radius 1 is 1.24 bits per heavy atom. The normalized spacial score (nSPS) is 33.2. The van der Waals surface area contributed by atoms with Crippen LogP contribution in [0.2, 0.25) is 0 Å². The third kappa shape index (κ3) is 2.50. The maximum absolute atomic E-state index is 11.4. The first-order chi connectivity index (χ1) is 8.09. The molecule has 0 amide bonds. The lowest BCUT2D eigenvalue weighted by molar-refractivity contribution is -0.176. The lowest BCUT2D eigenvalue weighted by Crippen LogP contribution is -2.47. The van der Waals surface area contributed by atoms with Gasteiger partial charge in [-0.2, -0.15) is 0 Å². The predicted octanol–water partition coefficient (Wildman–Crippen LogP) is 1.79. The van der Waals surface area contributed by atoms with Gasteiger partial charge in [0.2, 0.25) is 0 Å². The van der Waals surface area contributed by atoms with Crippen molar-refractivity contribution in [1.29, 1.82) is 0 Å². The molecule has 4 atom stereocenters. The van der Waals surface area contributed by atoms with Crippen LogP contribution in [0.1, 0.15) is 19.4 Å². The fraction of sp³-hybridized carbons (Fsp3) is 0.500. The van der Waals surface area contributed by atoms with Crippen LogP contribution in [0.15, 0.2) is 30.3 Å². The van der Waals surface area contributed by atoms with Gasteiger partial charge in [-0.25, -0.2) is 0 Å². The maximum atomic E-state index is 11.4. The highest BCUT2D eigenvalue weighted by molar-refractivity contribution is 5.73. The van der Waals surface area contributed by atoms with E-state index < -0.39 is 12.0 Å². The van der Waals surface area contributed by atoms with Gasteiger partial charge in [-0.1, -0.05) is 30.3 Å². The summed E-state index contributed by atoms with van der Waals surface area (Å²) in [4.78, 5) is 11.4. The summed E-state index contributed by atoms with van der Waals surface area (Å²) >= 11 is 0. The monoisotopic (exact) mass is 234 g/mol. The summed E-state index contributed by atoms with van der Waals surface area (Å²) in [6, 6.07) is 9.98. The average molecular weight is 234 g/mol. The Kier molecular flexibility index (Phi) is 3.48. The number of aliphatic hydroxyl groups excluding tert-OH is 1. The molecule has 1 aliphatic rings. The second kappa shape index (κ2) is 4.88. The van der Waals surface area contributed by atoms with Crippen molar-refractivity contribution in [3.05, 3.63) is 35.9 Å². The van der Waals surface area contributed by atoms with E-state index in [9.17, 15) is 9.90 Å². The molecule has 0 unspecified atom stereocenters. The van der Waals surface area contributed by atoms with Gasteiger partial charge in [0.1, 0.15) is 6.10 Å². The van der Waals surface area contributed by atoms with Crippen LogP contribution in [0.3, 0.4) is 0 Å². The average Bonchev–Trinajstić information content (AvgIpc) is 2.33. The van der Waals surface area contributed by atoms with Gasteiger partial charge in [-0.05, 0) is 25.8 Å². The lowest BCUT2D eigenvalue weighted by atomic mass is 9.82. The highest BCUT2D eigenvalue weighted by atomic mass is 16.5. The van der Waals surface area contributed by atoms with Crippen molar-refractivity contribution in [1.82, 2.24) is 0 Å². The van der Waals surface area contributed by atoms with E-state index in [0.717, 1.165) is 12.0 Å². The number of aliphatic hydroxyl groups is 1. The number of ether oxygens (including phenoxy) is 1. The third-order valence-corrected chi connectivity index (χ3v) is 3.54. The summed E-state index contributed by atoms with van der Waals surface area (Å²) in [5, 5.41) is 10.1. The van der Waals surface area contributed by atoms with E-state index in [1.807, 2.05) is 37.3 Å². The van der Waals surface area contributed by atoms with Crippen molar-refractivity contribution in [3.63, 3.8) is 0 Å². The standard InChI is InChI=1S/C14H18O3/c1-9-13(15)12(10(2)17-14(9)16)8-11-6-4-3-5-7-11/h3-7,9-10,12-13,15H,8H2,1-2H3/t9-,10-,12-,13-/m0/s1. The zero-order chi connectivity index (χ0) is 12.4. The van der Waals surface area contributed by atoms with Crippen molar-refractivity contribution in [2.45, 2.75) is 32.5 Å². The Morgan fingerprint density at radius 2 is 1.88 bits per heavy atom. The minimum Gasteiger partial charge on any atom is -0.462 e. The second-order valence-electron chi connectivity index (χ2n) is 4.77. The summed E-state index contributed by atoms with van der Waals surface area (Å²) in [6.07, 6.45) is -0.110. The molecule has 0 bridgehead atoms. The molecule has 1 heterocycles. The zero-order valence-corrected chi connectivity index (χ0v) is 10.2. The second-order valence-corrected chi connectivity index (χ2v) is 4.77. The fourth-order valence-electron chi connectivity index (χ4n) is 2.34. The third-order valence-electron chi connectivity index (χ3n) is 3.54. The minimum atomic E-state index is -0.619. The fourth-order valence-corrected chi connectivity index (χ4v) is 2.34. The number of cyclic esters (lactones) is 1. The van der Waals surface area contributed by atoms with Gasteiger partial charge in [0, 0.05) is 5.92 Å². The van der Waals surface area contributed by atoms with E-state index in [0.29, 0.717) is 0 Å². The number of hydrogen-bond donors (Lipinski definition) is 1. The maximum Gasteiger partial charge on any atom is 0.311 e. The summed E-state index contributed by atoms with van der Waals surface area (Å²) < 4.78 is 5.25. The van der Waals surface area contributed by atoms with Gasteiger partial charge in [-0.3, -0.25) is 4.79 Å². The molecule has 0 aliphatic carbocycles. The number of carbonyl (C=O) groups excluding carboxylic acids is 1. The van der Waals surface area contributed by atoms with Gasteiger partial charge < -0.3 is 9.84 Å². The summed E-state index contributed by atoms with van der Waals surface area (Å²) in [5.41, 5.74) is 1.16. The number of hydrogen-bond acceptors (Lipinski definition) is 3. The van der Waals surface area contributed by atoms with E-state index in [4.69, 9.17) is 4.74 Å². The van der Waals surface area contributed by atoms with Crippen LogP contribution < -0.4 is 0 Å². The molecule has 0 radical (unpaired) electrons. The molecule has 1 aromatic carbocycles. The molecule has 17 heavy (non-hydrogen) atoms. The molecule has 0 aromatic heterocycles. The largest absolute Gasteiger partial charge is 0.462 e. The number of rotatable bonds is 2. The van der Waals surface area contributed by atoms with Gasteiger partial charge in [-0.15, -0.1) is 0 Å². The van der Waals surface area contributed by atoms with E-state index in [1.165, 1.54) is 0 Å².